The highest BCUT2D eigenvalue weighted by Crippen LogP contribution is 2.43. The molecule has 0 spiro atoms. The molecule has 5 aromatic rings. The van der Waals surface area contributed by atoms with Crippen LogP contribution in [0.15, 0.2) is 59.2 Å². The van der Waals surface area contributed by atoms with Crippen molar-refractivity contribution in [3.8, 4) is 22.6 Å². The Balaban J connectivity index is 1.61. The number of H-pyrrole nitrogens is 1. The van der Waals surface area contributed by atoms with Crippen LogP contribution in [-0.2, 0) is 6.18 Å². The molecule has 4 aromatic heterocycles. The number of hydrogen-bond acceptors (Lipinski definition) is 6. The normalized spacial score (nSPS) is 11.7. The Labute approximate surface area is 208 Å². The summed E-state index contributed by atoms with van der Waals surface area (Å²) in [5.41, 5.74) is 5.40. The van der Waals surface area contributed by atoms with Gasteiger partial charge in [0.1, 0.15) is 26.9 Å². The fraction of sp³-hybridized carbons (Fsp3) is 0.0435. The topological polar surface area (TPSA) is 127 Å². The summed E-state index contributed by atoms with van der Waals surface area (Å²) in [6, 6.07) is 12.0. The molecule has 4 N–H and O–H groups in total. The molecule has 182 valence electrons. The molecule has 2 amide bonds. The van der Waals surface area contributed by atoms with E-state index in [1.54, 1.807) is 24.3 Å². The molecule has 5 rings (SSSR count). The Hall–Kier alpha value is -4.16. The van der Waals surface area contributed by atoms with Crippen molar-refractivity contribution in [1.82, 2.24) is 15.2 Å². The average molecular weight is 532 g/mol. The van der Waals surface area contributed by atoms with E-state index in [2.05, 4.69) is 20.5 Å². The molecule has 0 atom stereocenters. The lowest BCUT2D eigenvalue weighted by molar-refractivity contribution is -0.140. The van der Waals surface area contributed by atoms with Gasteiger partial charge in [0.05, 0.1) is 17.6 Å². The Bertz CT molecular complexity index is 1610. The number of benzene rings is 1. The molecule has 0 radical (unpaired) electrons. The Kier molecular flexibility index (Phi) is 5.77. The van der Waals surface area contributed by atoms with E-state index in [9.17, 15) is 22.8 Å². The van der Waals surface area contributed by atoms with E-state index in [1.165, 1.54) is 24.5 Å². The zero-order valence-corrected chi connectivity index (χ0v) is 19.4. The zero-order chi connectivity index (χ0) is 25.6. The summed E-state index contributed by atoms with van der Waals surface area (Å²) < 4.78 is 45.9. The van der Waals surface area contributed by atoms with Crippen LogP contribution in [0.1, 0.15) is 25.9 Å². The van der Waals surface area contributed by atoms with Crippen molar-refractivity contribution in [3.63, 3.8) is 0 Å². The van der Waals surface area contributed by atoms with Crippen LogP contribution in [0.25, 0.3) is 32.8 Å². The second kappa shape index (κ2) is 8.81. The number of halogens is 4. The molecule has 0 aliphatic rings. The fourth-order valence-corrected chi connectivity index (χ4v) is 4.68. The Morgan fingerprint density at radius 2 is 1.89 bits per heavy atom. The highest BCUT2D eigenvalue weighted by Gasteiger charge is 2.35. The molecule has 13 heteroatoms. The van der Waals surface area contributed by atoms with Crippen LogP contribution in [0.2, 0.25) is 5.02 Å². The van der Waals surface area contributed by atoms with Gasteiger partial charge >= 0.3 is 6.18 Å². The van der Waals surface area contributed by atoms with E-state index in [4.69, 9.17) is 21.8 Å². The van der Waals surface area contributed by atoms with Crippen LogP contribution in [0.3, 0.4) is 0 Å². The molecule has 8 nitrogen and oxygen atoms in total. The lowest BCUT2D eigenvalue weighted by Crippen LogP contribution is -2.17. The first-order valence-electron chi connectivity index (χ1n) is 10.1. The molecule has 0 saturated carbocycles. The number of aromatic nitrogens is 3. The van der Waals surface area contributed by atoms with Gasteiger partial charge < -0.3 is 15.5 Å². The van der Waals surface area contributed by atoms with Gasteiger partial charge in [-0.05, 0) is 36.4 Å². The SMILES string of the molecule is NC(=O)c1sc2nc(C(F)(F)F)cc(-c3ccco3)c2c1NC(=O)c1cc(-c2ccc(Cl)cc2)n[nH]1. The predicted molar refractivity (Wildman–Crippen MR) is 128 cm³/mol. The molecule has 0 bridgehead atoms. The number of furan rings is 1. The van der Waals surface area contributed by atoms with E-state index in [-0.39, 0.29) is 37.8 Å². The molecule has 0 saturated heterocycles. The highest BCUT2D eigenvalue weighted by molar-refractivity contribution is 7.21. The van der Waals surface area contributed by atoms with Crippen LogP contribution in [0.5, 0.6) is 0 Å². The minimum absolute atomic E-state index is 0.0113. The number of hydrogen-bond donors (Lipinski definition) is 3. The number of carbonyl (C=O) groups excluding carboxylic acids is 2. The molecule has 0 fully saturated rings. The smallest absolute Gasteiger partial charge is 0.433 e. The maximum Gasteiger partial charge on any atom is 0.433 e. The summed E-state index contributed by atoms with van der Waals surface area (Å²) in [6.45, 7) is 0. The number of carbonyl (C=O) groups is 2. The lowest BCUT2D eigenvalue weighted by Gasteiger charge is -2.10. The number of anilines is 1. The number of fused-ring (bicyclic) bond motifs is 1. The van der Waals surface area contributed by atoms with Gasteiger partial charge in [0, 0.05) is 21.5 Å². The number of aromatic amines is 1. The molecular formula is C23H13ClF3N5O3S. The number of amides is 2. The van der Waals surface area contributed by atoms with E-state index in [0.29, 0.717) is 27.6 Å². The summed E-state index contributed by atoms with van der Waals surface area (Å²) in [4.78, 5) is 28.6. The minimum atomic E-state index is -4.76. The molecular weight excluding hydrogens is 519 g/mol. The van der Waals surface area contributed by atoms with Crippen LogP contribution in [0, 0.1) is 0 Å². The zero-order valence-electron chi connectivity index (χ0n) is 17.8. The van der Waals surface area contributed by atoms with Crippen LogP contribution >= 0.6 is 22.9 Å². The molecule has 1 aromatic carbocycles. The predicted octanol–water partition coefficient (Wildman–Crippen LogP) is 5.97. The monoisotopic (exact) mass is 531 g/mol. The van der Waals surface area contributed by atoms with E-state index in [1.807, 2.05) is 0 Å². The third-order valence-corrected chi connectivity index (χ3v) is 6.51. The standard InChI is InChI=1S/C23H13ClF3N5O3S/c24-11-5-3-10(4-6-11)13-9-14(32-31-13)21(34)30-18-17-12(15-2-1-7-35-15)8-16(23(25,26)27)29-22(17)36-19(18)20(28)33/h1-9H,(H2,28,33)(H,30,34)(H,31,32). The quantitative estimate of drug-likeness (QED) is 0.257. The first kappa shape index (κ1) is 23.6. The van der Waals surface area contributed by atoms with Crippen molar-refractivity contribution in [1.29, 1.82) is 0 Å². The number of thiophene rings is 1. The average Bonchev–Trinajstić information content (AvgIpc) is 3.58. The number of rotatable bonds is 5. The summed E-state index contributed by atoms with van der Waals surface area (Å²) in [7, 11) is 0. The highest BCUT2D eigenvalue weighted by atomic mass is 35.5. The number of nitrogens with one attached hydrogen (secondary N) is 2. The summed E-state index contributed by atoms with van der Waals surface area (Å²) in [5, 5.41) is 9.92. The van der Waals surface area contributed by atoms with Crippen molar-refractivity contribution < 1.29 is 27.2 Å². The molecule has 0 aliphatic carbocycles. The van der Waals surface area contributed by atoms with Gasteiger partial charge in [-0.2, -0.15) is 18.3 Å². The Morgan fingerprint density at radius 3 is 2.53 bits per heavy atom. The van der Waals surface area contributed by atoms with Crippen molar-refractivity contribution in [2.45, 2.75) is 6.18 Å². The molecule has 0 unspecified atom stereocenters. The van der Waals surface area contributed by atoms with E-state index < -0.39 is 23.7 Å². The third-order valence-electron chi connectivity index (χ3n) is 5.16. The largest absolute Gasteiger partial charge is 0.464 e. The summed E-state index contributed by atoms with van der Waals surface area (Å²) in [5.74, 6) is -1.56. The maximum absolute atomic E-state index is 13.5. The van der Waals surface area contributed by atoms with Gasteiger partial charge in [0.2, 0.25) is 0 Å². The van der Waals surface area contributed by atoms with Crippen LogP contribution in [0.4, 0.5) is 18.9 Å². The number of nitrogens with zero attached hydrogens (tertiary/aromatic N) is 2. The minimum Gasteiger partial charge on any atom is -0.464 e. The second-order valence-corrected chi connectivity index (χ2v) is 8.94. The third kappa shape index (κ3) is 4.32. The fourth-order valence-electron chi connectivity index (χ4n) is 3.55. The van der Waals surface area contributed by atoms with Gasteiger partial charge in [-0.25, -0.2) is 4.98 Å². The van der Waals surface area contributed by atoms with Crippen molar-refractivity contribution in [2.75, 3.05) is 5.32 Å². The number of pyridine rings is 1. The maximum atomic E-state index is 13.5. The van der Waals surface area contributed by atoms with Gasteiger partial charge in [-0.3, -0.25) is 14.7 Å². The molecule has 36 heavy (non-hydrogen) atoms. The van der Waals surface area contributed by atoms with E-state index >= 15 is 0 Å². The Morgan fingerprint density at radius 1 is 1.14 bits per heavy atom. The van der Waals surface area contributed by atoms with Crippen molar-refractivity contribution >= 4 is 50.7 Å². The van der Waals surface area contributed by atoms with Crippen molar-refractivity contribution in [2.24, 2.45) is 5.73 Å². The number of primary amides is 1. The van der Waals surface area contributed by atoms with Gasteiger partial charge in [-0.1, -0.05) is 23.7 Å². The van der Waals surface area contributed by atoms with Gasteiger partial charge in [0.15, 0.2) is 0 Å². The first-order valence-corrected chi connectivity index (χ1v) is 11.3. The molecule has 4 heterocycles. The molecule has 0 aliphatic heterocycles. The van der Waals surface area contributed by atoms with Crippen LogP contribution < -0.4 is 11.1 Å². The summed E-state index contributed by atoms with van der Waals surface area (Å²) in [6.07, 6.45) is -3.47. The summed E-state index contributed by atoms with van der Waals surface area (Å²) >= 11 is 6.54. The van der Waals surface area contributed by atoms with E-state index in [0.717, 1.165) is 6.07 Å². The number of alkyl halides is 3. The first-order chi connectivity index (χ1) is 17.1. The van der Waals surface area contributed by atoms with Gasteiger partial charge in [0.25, 0.3) is 11.8 Å². The lowest BCUT2D eigenvalue weighted by atomic mass is 10.1. The number of nitrogens with two attached hydrogens (primary N) is 1. The second-order valence-electron chi connectivity index (χ2n) is 7.51. The van der Waals surface area contributed by atoms with Gasteiger partial charge in [-0.15, -0.1) is 11.3 Å². The van der Waals surface area contributed by atoms with Crippen molar-refractivity contribution in [3.05, 3.63) is 76.1 Å². The van der Waals surface area contributed by atoms with Crippen LogP contribution in [-0.4, -0.2) is 27.0 Å².